The van der Waals surface area contributed by atoms with Gasteiger partial charge in [-0.1, -0.05) is 19.8 Å². The van der Waals surface area contributed by atoms with Crippen molar-refractivity contribution >= 4 is 16.2 Å². The minimum Gasteiger partial charge on any atom is -0.480 e. The van der Waals surface area contributed by atoms with E-state index in [9.17, 15) is 13.2 Å². The largest absolute Gasteiger partial charge is 0.480 e. The lowest BCUT2D eigenvalue weighted by atomic mass is 10.2. The monoisotopic (exact) mass is 250 g/mol. The lowest BCUT2D eigenvalue weighted by Gasteiger charge is -2.26. The number of carboxylic acid groups (broad SMARTS) is 1. The number of nitrogens with one attached hydrogen (secondary N) is 1. The summed E-state index contributed by atoms with van der Waals surface area (Å²) in [6.45, 7) is 1.48. The average molecular weight is 250 g/mol. The van der Waals surface area contributed by atoms with E-state index < -0.39 is 22.7 Å². The predicted molar refractivity (Wildman–Crippen MR) is 59.2 cm³/mol. The van der Waals surface area contributed by atoms with E-state index in [1.807, 2.05) is 0 Å². The molecule has 7 heteroatoms. The summed E-state index contributed by atoms with van der Waals surface area (Å²) < 4.78 is 27.0. The van der Waals surface area contributed by atoms with Gasteiger partial charge in [0.2, 0.25) is 0 Å². The van der Waals surface area contributed by atoms with Crippen LogP contribution in [0.1, 0.15) is 32.6 Å². The second-order valence-corrected chi connectivity index (χ2v) is 5.59. The van der Waals surface area contributed by atoms with Crippen molar-refractivity contribution in [3.63, 3.8) is 0 Å². The molecular weight excluding hydrogens is 232 g/mol. The van der Waals surface area contributed by atoms with Crippen LogP contribution in [-0.4, -0.2) is 42.9 Å². The van der Waals surface area contributed by atoms with Crippen molar-refractivity contribution in [2.75, 3.05) is 13.1 Å². The van der Waals surface area contributed by atoms with Crippen LogP contribution >= 0.6 is 0 Å². The Bertz CT molecular complexity index is 335. The van der Waals surface area contributed by atoms with E-state index in [-0.39, 0.29) is 12.6 Å². The van der Waals surface area contributed by atoms with Gasteiger partial charge < -0.3 is 5.11 Å². The van der Waals surface area contributed by atoms with Crippen LogP contribution in [0, 0.1) is 0 Å². The Morgan fingerprint density at radius 2 is 2.00 bits per heavy atom. The molecular formula is C9H18N2O4S. The van der Waals surface area contributed by atoms with Gasteiger partial charge in [-0.2, -0.15) is 12.7 Å². The van der Waals surface area contributed by atoms with Gasteiger partial charge in [0.15, 0.2) is 0 Å². The number of carbonyl (C=O) groups is 1. The van der Waals surface area contributed by atoms with Crippen molar-refractivity contribution < 1.29 is 18.3 Å². The molecule has 0 aromatic carbocycles. The Kier molecular flexibility index (Phi) is 4.69. The fourth-order valence-corrected chi connectivity index (χ4v) is 3.42. The first-order chi connectivity index (χ1) is 7.47. The molecule has 0 unspecified atom stereocenters. The molecule has 0 spiro atoms. The topological polar surface area (TPSA) is 86.7 Å². The molecule has 94 valence electrons. The molecule has 1 rings (SSSR count). The number of rotatable bonds is 6. The van der Waals surface area contributed by atoms with Gasteiger partial charge in [-0.25, -0.2) is 4.72 Å². The van der Waals surface area contributed by atoms with Gasteiger partial charge in [-0.15, -0.1) is 0 Å². The van der Waals surface area contributed by atoms with E-state index in [4.69, 9.17) is 5.11 Å². The Hall–Kier alpha value is -0.660. The zero-order chi connectivity index (χ0) is 12.2. The average Bonchev–Trinajstić information content (AvgIpc) is 2.66. The maximum absolute atomic E-state index is 11.8. The molecule has 0 saturated heterocycles. The van der Waals surface area contributed by atoms with E-state index in [0.29, 0.717) is 0 Å². The molecule has 2 N–H and O–H groups in total. The van der Waals surface area contributed by atoms with Crippen LogP contribution in [0.15, 0.2) is 0 Å². The standard InChI is InChI=1S/C9H18N2O4S/c1-2-10-16(14,15)11(7-9(12)13)8-5-3-4-6-8/h8,10H,2-7H2,1H3,(H,12,13). The van der Waals surface area contributed by atoms with Gasteiger partial charge in [-0.3, -0.25) is 4.79 Å². The maximum atomic E-state index is 11.8. The minimum atomic E-state index is -3.65. The second-order valence-electron chi connectivity index (χ2n) is 3.88. The first kappa shape index (κ1) is 13.4. The van der Waals surface area contributed by atoms with E-state index in [0.717, 1.165) is 30.0 Å². The van der Waals surface area contributed by atoms with Gasteiger partial charge in [0, 0.05) is 12.6 Å². The van der Waals surface area contributed by atoms with Crippen molar-refractivity contribution in [1.82, 2.24) is 9.03 Å². The predicted octanol–water partition coefficient (Wildman–Crippen LogP) is 0.170. The van der Waals surface area contributed by atoms with E-state index in [1.165, 1.54) is 0 Å². The van der Waals surface area contributed by atoms with Gasteiger partial charge in [-0.05, 0) is 12.8 Å². The van der Waals surface area contributed by atoms with Crippen LogP contribution in [0.25, 0.3) is 0 Å². The first-order valence-corrected chi connectivity index (χ1v) is 6.89. The summed E-state index contributed by atoms with van der Waals surface area (Å²) in [5.41, 5.74) is 0. The molecule has 16 heavy (non-hydrogen) atoms. The fourth-order valence-electron chi connectivity index (χ4n) is 2.00. The first-order valence-electron chi connectivity index (χ1n) is 5.45. The summed E-state index contributed by atoms with van der Waals surface area (Å²) in [4.78, 5) is 10.7. The van der Waals surface area contributed by atoms with Crippen LogP contribution in [-0.2, 0) is 15.0 Å². The van der Waals surface area contributed by atoms with Crippen molar-refractivity contribution in [1.29, 1.82) is 0 Å². The third-order valence-corrected chi connectivity index (χ3v) is 4.36. The third-order valence-electron chi connectivity index (χ3n) is 2.66. The quantitative estimate of drug-likeness (QED) is 0.703. The Morgan fingerprint density at radius 1 is 1.44 bits per heavy atom. The van der Waals surface area contributed by atoms with Crippen LogP contribution in [0.4, 0.5) is 0 Å². The molecule has 0 atom stereocenters. The number of carboxylic acids is 1. The SMILES string of the molecule is CCNS(=O)(=O)N(CC(=O)O)C1CCCC1. The minimum absolute atomic E-state index is 0.167. The lowest BCUT2D eigenvalue weighted by molar-refractivity contribution is -0.137. The lowest BCUT2D eigenvalue weighted by Crippen LogP contribution is -2.47. The molecule has 0 aromatic rings. The summed E-state index contributed by atoms with van der Waals surface area (Å²) in [6.07, 6.45) is 3.42. The highest BCUT2D eigenvalue weighted by molar-refractivity contribution is 7.87. The van der Waals surface area contributed by atoms with Crippen LogP contribution in [0.5, 0.6) is 0 Å². The maximum Gasteiger partial charge on any atom is 0.318 e. The molecule has 6 nitrogen and oxygen atoms in total. The number of aliphatic carboxylic acids is 1. The van der Waals surface area contributed by atoms with E-state index >= 15 is 0 Å². The highest BCUT2D eigenvalue weighted by Gasteiger charge is 2.32. The smallest absolute Gasteiger partial charge is 0.318 e. The highest BCUT2D eigenvalue weighted by Crippen LogP contribution is 2.24. The van der Waals surface area contributed by atoms with Gasteiger partial charge in [0.25, 0.3) is 10.2 Å². The molecule has 0 bridgehead atoms. The molecule has 0 heterocycles. The molecule has 1 saturated carbocycles. The van der Waals surface area contributed by atoms with Gasteiger partial charge >= 0.3 is 5.97 Å². The Morgan fingerprint density at radius 3 is 2.44 bits per heavy atom. The summed E-state index contributed by atoms with van der Waals surface area (Å²) in [6, 6.07) is -0.167. The zero-order valence-electron chi connectivity index (χ0n) is 9.35. The van der Waals surface area contributed by atoms with Crippen LogP contribution < -0.4 is 4.72 Å². The van der Waals surface area contributed by atoms with E-state index in [1.54, 1.807) is 6.92 Å². The third kappa shape index (κ3) is 3.43. The Balaban J connectivity index is 2.81. The van der Waals surface area contributed by atoms with Crippen molar-refractivity contribution in [3.05, 3.63) is 0 Å². The summed E-state index contributed by atoms with van der Waals surface area (Å²) in [7, 11) is -3.65. The fraction of sp³-hybridized carbons (Fsp3) is 0.889. The number of nitrogens with zero attached hydrogens (tertiary/aromatic N) is 1. The summed E-state index contributed by atoms with van der Waals surface area (Å²) in [5.74, 6) is -1.12. The van der Waals surface area contributed by atoms with Crippen molar-refractivity contribution in [2.24, 2.45) is 0 Å². The van der Waals surface area contributed by atoms with Crippen molar-refractivity contribution in [3.8, 4) is 0 Å². The number of hydrogen-bond donors (Lipinski definition) is 2. The highest BCUT2D eigenvalue weighted by atomic mass is 32.2. The van der Waals surface area contributed by atoms with E-state index in [2.05, 4.69) is 4.72 Å². The zero-order valence-corrected chi connectivity index (χ0v) is 10.2. The van der Waals surface area contributed by atoms with Crippen LogP contribution in [0.2, 0.25) is 0 Å². The Labute approximate surface area is 95.8 Å². The molecule has 0 aromatic heterocycles. The molecule has 0 amide bonds. The normalized spacial score (nSPS) is 18.1. The van der Waals surface area contributed by atoms with Gasteiger partial charge in [0.1, 0.15) is 6.54 Å². The van der Waals surface area contributed by atoms with Crippen molar-refractivity contribution in [2.45, 2.75) is 38.6 Å². The molecule has 0 radical (unpaired) electrons. The van der Waals surface area contributed by atoms with Gasteiger partial charge in [0.05, 0.1) is 0 Å². The molecule has 0 aliphatic heterocycles. The molecule has 1 aliphatic rings. The second kappa shape index (κ2) is 5.60. The summed E-state index contributed by atoms with van der Waals surface area (Å²) in [5, 5.41) is 8.74. The number of hydrogen-bond acceptors (Lipinski definition) is 3. The molecule has 1 aliphatic carbocycles. The summed E-state index contributed by atoms with van der Waals surface area (Å²) >= 11 is 0. The molecule has 1 fully saturated rings. The van der Waals surface area contributed by atoms with Crippen LogP contribution in [0.3, 0.4) is 0 Å².